The molecule has 0 aromatic carbocycles. The molecule has 1 aliphatic carbocycles. The molecular weight excluding hydrogens is 204 g/mol. The highest BCUT2D eigenvalue weighted by atomic mass is 32.2. The Bertz CT molecular complexity index is 289. The first-order chi connectivity index (χ1) is 7.36. The Labute approximate surface area is 95.7 Å². The normalized spacial score (nSPS) is 25.7. The predicted molar refractivity (Wildman–Crippen MR) is 64.9 cm³/mol. The molecule has 1 fully saturated rings. The van der Waals surface area contributed by atoms with Gasteiger partial charge in [-0.2, -0.15) is 0 Å². The number of hydrogen-bond donors (Lipinski definition) is 1. The molecule has 0 saturated heterocycles. The number of pyridine rings is 1. The standard InChI is InChI=1S/C12H18N2S/c13-12-3-1-2-10(12)6-9-15-11-4-7-14-8-5-11/h4-5,7-8,10,12H,1-3,6,9,13H2. The maximum atomic E-state index is 6.04. The van der Waals surface area contributed by atoms with Crippen LogP contribution in [0.15, 0.2) is 29.4 Å². The first kappa shape index (κ1) is 11.0. The summed E-state index contributed by atoms with van der Waals surface area (Å²) in [5, 5.41) is 0. The Morgan fingerprint density at radius 1 is 1.33 bits per heavy atom. The minimum absolute atomic E-state index is 0.461. The maximum Gasteiger partial charge on any atom is 0.0278 e. The monoisotopic (exact) mass is 222 g/mol. The van der Waals surface area contributed by atoms with Gasteiger partial charge in [-0.05, 0) is 43.1 Å². The summed E-state index contributed by atoms with van der Waals surface area (Å²) in [5.41, 5.74) is 6.04. The van der Waals surface area contributed by atoms with Crippen LogP contribution in [0.4, 0.5) is 0 Å². The first-order valence-electron chi connectivity index (χ1n) is 5.64. The van der Waals surface area contributed by atoms with Crippen LogP contribution in [0.25, 0.3) is 0 Å². The molecule has 2 rings (SSSR count). The SMILES string of the molecule is NC1CCCC1CCSc1ccncc1. The van der Waals surface area contributed by atoms with Crippen molar-refractivity contribution < 1.29 is 0 Å². The quantitative estimate of drug-likeness (QED) is 0.796. The summed E-state index contributed by atoms with van der Waals surface area (Å²) in [5.74, 6) is 1.95. The number of nitrogens with two attached hydrogens (primary N) is 1. The van der Waals surface area contributed by atoms with Gasteiger partial charge in [0.05, 0.1) is 0 Å². The van der Waals surface area contributed by atoms with Gasteiger partial charge in [0.25, 0.3) is 0 Å². The Balaban J connectivity index is 1.71. The second-order valence-electron chi connectivity index (χ2n) is 4.17. The highest BCUT2D eigenvalue weighted by Gasteiger charge is 2.22. The third kappa shape index (κ3) is 3.21. The second kappa shape index (κ2) is 5.52. The molecule has 82 valence electrons. The van der Waals surface area contributed by atoms with Crippen molar-refractivity contribution in [3.8, 4) is 0 Å². The van der Waals surface area contributed by atoms with E-state index in [-0.39, 0.29) is 0 Å². The topological polar surface area (TPSA) is 38.9 Å². The fourth-order valence-electron chi connectivity index (χ4n) is 2.19. The maximum absolute atomic E-state index is 6.04. The molecule has 2 atom stereocenters. The van der Waals surface area contributed by atoms with E-state index in [1.165, 1.54) is 36.3 Å². The van der Waals surface area contributed by atoms with Crippen molar-refractivity contribution in [3.05, 3.63) is 24.5 Å². The molecule has 0 amide bonds. The number of rotatable bonds is 4. The smallest absolute Gasteiger partial charge is 0.0278 e. The molecule has 2 N–H and O–H groups in total. The summed E-state index contributed by atoms with van der Waals surface area (Å²) in [6.45, 7) is 0. The van der Waals surface area contributed by atoms with Gasteiger partial charge in [0.1, 0.15) is 0 Å². The van der Waals surface area contributed by atoms with Crippen LogP contribution in [0.2, 0.25) is 0 Å². The highest BCUT2D eigenvalue weighted by molar-refractivity contribution is 7.99. The van der Waals surface area contributed by atoms with Crippen molar-refractivity contribution in [1.82, 2.24) is 4.98 Å². The molecule has 1 saturated carbocycles. The van der Waals surface area contributed by atoms with Crippen molar-refractivity contribution >= 4 is 11.8 Å². The molecule has 1 aromatic heterocycles. The van der Waals surface area contributed by atoms with E-state index in [2.05, 4.69) is 17.1 Å². The zero-order valence-corrected chi connectivity index (χ0v) is 9.75. The summed E-state index contributed by atoms with van der Waals surface area (Å²) < 4.78 is 0. The fraction of sp³-hybridized carbons (Fsp3) is 0.583. The lowest BCUT2D eigenvalue weighted by Gasteiger charge is -2.14. The minimum Gasteiger partial charge on any atom is -0.327 e. The molecule has 2 nitrogen and oxygen atoms in total. The lowest BCUT2D eigenvalue weighted by Crippen LogP contribution is -2.24. The number of hydrogen-bond acceptors (Lipinski definition) is 3. The number of nitrogens with zero attached hydrogens (tertiary/aromatic N) is 1. The molecular formula is C12H18N2S. The van der Waals surface area contributed by atoms with E-state index in [0.29, 0.717) is 6.04 Å². The average molecular weight is 222 g/mol. The molecule has 0 aliphatic heterocycles. The first-order valence-corrected chi connectivity index (χ1v) is 6.63. The van der Waals surface area contributed by atoms with Crippen LogP contribution in [-0.4, -0.2) is 16.8 Å². The lowest BCUT2D eigenvalue weighted by atomic mass is 10.0. The third-order valence-corrected chi connectivity index (χ3v) is 4.17. The number of aromatic nitrogens is 1. The van der Waals surface area contributed by atoms with Gasteiger partial charge in [-0.15, -0.1) is 11.8 Å². The van der Waals surface area contributed by atoms with Crippen LogP contribution in [0.1, 0.15) is 25.7 Å². The average Bonchev–Trinajstić information content (AvgIpc) is 2.66. The van der Waals surface area contributed by atoms with Crippen molar-refractivity contribution in [2.24, 2.45) is 11.7 Å². The lowest BCUT2D eigenvalue weighted by molar-refractivity contribution is 0.470. The van der Waals surface area contributed by atoms with Crippen molar-refractivity contribution in [3.63, 3.8) is 0 Å². The Morgan fingerprint density at radius 2 is 2.13 bits per heavy atom. The van der Waals surface area contributed by atoms with Crippen LogP contribution in [0, 0.1) is 5.92 Å². The van der Waals surface area contributed by atoms with Crippen LogP contribution >= 0.6 is 11.8 Å². The summed E-state index contributed by atoms with van der Waals surface area (Å²) >= 11 is 1.91. The van der Waals surface area contributed by atoms with Crippen LogP contribution in [0.3, 0.4) is 0 Å². The molecule has 1 heterocycles. The van der Waals surface area contributed by atoms with E-state index < -0.39 is 0 Å². The van der Waals surface area contributed by atoms with Crippen molar-refractivity contribution in [1.29, 1.82) is 0 Å². The molecule has 0 spiro atoms. The van der Waals surface area contributed by atoms with Crippen LogP contribution in [0.5, 0.6) is 0 Å². The molecule has 2 unspecified atom stereocenters. The summed E-state index contributed by atoms with van der Waals surface area (Å²) in [7, 11) is 0. The van der Waals surface area contributed by atoms with Gasteiger partial charge in [0.2, 0.25) is 0 Å². The molecule has 1 aliphatic rings. The van der Waals surface area contributed by atoms with Gasteiger partial charge >= 0.3 is 0 Å². The van der Waals surface area contributed by atoms with Gasteiger partial charge in [0.15, 0.2) is 0 Å². The Kier molecular flexibility index (Phi) is 4.03. The molecule has 0 bridgehead atoms. The van der Waals surface area contributed by atoms with E-state index in [4.69, 9.17) is 5.73 Å². The number of thioether (sulfide) groups is 1. The molecule has 0 radical (unpaired) electrons. The Hall–Kier alpha value is -0.540. The largest absolute Gasteiger partial charge is 0.327 e. The van der Waals surface area contributed by atoms with Gasteiger partial charge in [-0.1, -0.05) is 6.42 Å². The highest BCUT2D eigenvalue weighted by Crippen LogP contribution is 2.29. The van der Waals surface area contributed by atoms with E-state index >= 15 is 0 Å². The summed E-state index contributed by atoms with van der Waals surface area (Å²) in [4.78, 5) is 5.33. The third-order valence-electron chi connectivity index (χ3n) is 3.12. The minimum atomic E-state index is 0.461. The van der Waals surface area contributed by atoms with Crippen LogP contribution in [-0.2, 0) is 0 Å². The van der Waals surface area contributed by atoms with Gasteiger partial charge in [-0.3, -0.25) is 4.98 Å². The second-order valence-corrected chi connectivity index (χ2v) is 5.34. The van der Waals surface area contributed by atoms with Crippen molar-refractivity contribution in [2.75, 3.05) is 5.75 Å². The van der Waals surface area contributed by atoms with Crippen molar-refractivity contribution in [2.45, 2.75) is 36.6 Å². The zero-order valence-electron chi connectivity index (χ0n) is 8.93. The van der Waals surface area contributed by atoms with Gasteiger partial charge in [0, 0.05) is 23.3 Å². The molecule has 1 aromatic rings. The van der Waals surface area contributed by atoms with Gasteiger partial charge < -0.3 is 5.73 Å². The zero-order chi connectivity index (χ0) is 10.5. The summed E-state index contributed by atoms with van der Waals surface area (Å²) in [6.07, 6.45) is 8.84. The van der Waals surface area contributed by atoms with Crippen LogP contribution < -0.4 is 5.73 Å². The Morgan fingerprint density at radius 3 is 2.80 bits per heavy atom. The molecule has 3 heteroatoms. The van der Waals surface area contributed by atoms with E-state index in [9.17, 15) is 0 Å². The molecule has 15 heavy (non-hydrogen) atoms. The van der Waals surface area contributed by atoms with E-state index in [0.717, 1.165) is 5.92 Å². The van der Waals surface area contributed by atoms with E-state index in [1.54, 1.807) is 0 Å². The summed E-state index contributed by atoms with van der Waals surface area (Å²) in [6, 6.07) is 4.60. The van der Waals surface area contributed by atoms with E-state index in [1.807, 2.05) is 24.2 Å². The predicted octanol–water partition coefficient (Wildman–Crippen LogP) is 2.69. The van der Waals surface area contributed by atoms with Gasteiger partial charge in [-0.25, -0.2) is 0 Å². The fourth-order valence-corrected chi connectivity index (χ4v) is 3.16.